The van der Waals surface area contributed by atoms with Gasteiger partial charge >= 0.3 is 18.4 Å². The molecule has 1 atom stereocenters. The summed E-state index contributed by atoms with van der Waals surface area (Å²) < 4.78 is 60.1. The molecule has 1 aliphatic heterocycles. The summed E-state index contributed by atoms with van der Waals surface area (Å²) in [6.45, 7) is 0.888. The fourth-order valence-corrected chi connectivity index (χ4v) is 4.05. The number of nitrogens with two attached hydrogens (primary N) is 1. The Morgan fingerprint density at radius 1 is 1.21 bits per heavy atom. The molecule has 4 rings (SSSR count). The van der Waals surface area contributed by atoms with E-state index in [1.54, 1.807) is 4.90 Å². The van der Waals surface area contributed by atoms with Crippen LogP contribution in [-0.4, -0.2) is 58.6 Å². The predicted octanol–water partition coefficient (Wildman–Crippen LogP) is 3.60. The molecule has 34 heavy (non-hydrogen) atoms. The first-order chi connectivity index (χ1) is 16.1. The zero-order valence-electron chi connectivity index (χ0n) is 18.0. The summed E-state index contributed by atoms with van der Waals surface area (Å²) in [5, 5.41) is 6.50. The van der Waals surface area contributed by atoms with Gasteiger partial charge < -0.3 is 30.1 Å². The lowest BCUT2D eigenvalue weighted by molar-refractivity contribution is -0.274. The van der Waals surface area contributed by atoms with E-state index in [1.165, 1.54) is 11.0 Å². The summed E-state index contributed by atoms with van der Waals surface area (Å²) in [6, 6.07) is 3.06. The third kappa shape index (κ3) is 5.88. The van der Waals surface area contributed by atoms with E-state index in [-0.39, 0.29) is 41.7 Å². The van der Waals surface area contributed by atoms with Crippen LogP contribution in [0.25, 0.3) is 11.3 Å². The highest BCUT2D eigenvalue weighted by Crippen LogP contribution is 2.32. The van der Waals surface area contributed by atoms with Gasteiger partial charge in [-0.2, -0.15) is 0 Å². The highest BCUT2D eigenvalue weighted by Gasteiger charge is 2.39. The van der Waals surface area contributed by atoms with E-state index in [4.69, 9.17) is 10.3 Å². The van der Waals surface area contributed by atoms with Crippen molar-refractivity contribution in [1.82, 2.24) is 20.3 Å². The maximum absolute atomic E-state index is 13.8. The Hall–Kier alpha value is -3.51. The number of alkyl halides is 3. The molecule has 3 N–H and O–H groups in total. The van der Waals surface area contributed by atoms with Crippen LogP contribution in [0.4, 0.5) is 27.2 Å². The van der Waals surface area contributed by atoms with Gasteiger partial charge in [0.2, 0.25) is 0 Å². The number of halogens is 4. The van der Waals surface area contributed by atoms with Crippen LogP contribution in [0.15, 0.2) is 28.8 Å². The number of nitrogens with zero attached hydrogens (tertiary/aromatic N) is 3. The van der Waals surface area contributed by atoms with Gasteiger partial charge in [-0.3, -0.25) is 0 Å². The van der Waals surface area contributed by atoms with Gasteiger partial charge in [0.05, 0.1) is 12.6 Å². The zero-order chi connectivity index (χ0) is 24.5. The van der Waals surface area contributed by atoms with Crippen LogP contribution in [0.2, 0.25) is 0 Å². The lowest BCUT2D eigenvalue weighted by Gasteiger charge is -2.38. The van der Waals surface area contributed by atoms with Crippen LogP contribution in [0.3, 0.4) is 0 Å². The lowest BCUT2D eigenvalue weighted by Crippen LogP contribution is -2.55. The van der Waals surface area contributed by atoms with Crippen molar-refractivity contribution in [2.75, 3.05) is 13.1 Å². The number of nitrogens with one attached hydrogen (secondary N) is 1. The smallest absolute Gasteiger partial charge is 0.406 e. The second-order valence-corrected chi connectivity index (χ2v) is 8.28. The van der Waals surface area contributed by atoms with Crippen LogP contribution < -0.4 is 15.8 Å². The van der Waals surface area contributed by atoms with Crippen molar-refractivity contribution < 1.29 is 36.4 Å². The molecular weight excluding hydrogens is 462 g/mol. The fraction of sp³-hybridized carbons (Fsp3) is 0.476. The number of likely N-dealkylation sites (tertiary alicyclic amines) is 1. The van der Waals surface area contributed by atoms with Gasteiger partial charge in [0, 0.05) is 36.8 Å². The molecule has 1 aromatic carbocycles. The van der Waals surface area contributed by atoms with Crippen molar-refractivity contribution in [2.45, 2.75) is 50.7 Å². The van der Waals surface area contributed by atoms with Gasteiger partial charge in [-0.25, -0.2) is 14.0 Å². The summed E-state index contributed by atoms with van der Waals surface area (Å²) >= 11 is 0. The largest absolute Gasteiger partial charge is 0.573 e. The first-order valence-corrected chi connectivity index (χ1v) is 10.7. The van der Waals surface area contributed by atoms with E-state index in [2.05, 4.69) is 15.2 Å². The van der Waals surface area contributed by atoms with Gasteiger partial charge in [0.25, 0.3) is 0 Å². The number of piperidine rings is 1. The number of hydrogen-bond donors (Lipinski definition) is 2. The van der Waals surface area contributed by atoms with E-state index in [0.29, 0.717) is 19.2 Å². The van der Waals surface area contributed by atoms with Crippen LogP contribution in [-0.2, 0) is 6.54 Å². The molecule has 2 aromatic rings. The molecule has 1 aliphatic carbocycles. The van der Waals surface area contributed by atoms with Crippen LogP contribution in [0.1, 0.15) is 31.4 Å². The third-order valence-corrected chi connectivity index (χ3v) is 5.65. The molecule has 0 bridgehead atoms. The number of ether oxygens (including phenoxy) is 1. The van der Waals surface area contributed by atoms with Crippen molar-refractivity contribution in [3.8, 4) is 17.0 Å². The number of aromatic nitrogens is 1. The maximum Gasteiger partial charge on any atom is 0.573 e. The number of benzene rings is 1. The molecule has 4 amide bonds. The van der Waals surface area contributed by atoms with Crippen molar-refractivity contribution >= 4 is 12.1 Å². The summed E-state index contributed by atoms with van der Waals surface area (Å²) in [5.74, 6) is -1.44. The molecular formula is C21H23F4N5O4. The Kier molecular flexibility index (Phi) is 6.53. The van der Waals surface area contributed by atoms with Crippen molar-refractivity contribution in [1.29, 1.82) is 0 Å². The minimum absolute atomic E-state index is 0.0222. The van der Waals surface area contributed by atoms with Crippen LogP contribution in [0.5, 0.6) is 5.75 Å². The Bertz CT molecular complexity index is 1060. The van der Waals surface area contributed by atoms with Gasteiger partial charge in [-0.15, -0.1) is 13.2 Å². The maximum atomic E-state index is 13.8. The lowest BCUT2D eigenvalue weighted by atomic mass is 10.0. The normalized spacial score (nSPS) is 18.5. The average Bonchev–Trinajstić information content (AvgIpc) is 3.46. The monoisotopic (exact) mass is 485 g/mol. The topological polar surface area (TPSA) is 114 Å². The van der Waals surface area contributed by atoms with Crippen LogP contribution >= 0.6 is 0 Å². The number of carbonyl (C=O) groups excluding carboxylic acids is 2. The Morgan fingerprint density at radius 3 is 2.65 bits per heavy atom. The Balaban J connectivity index is 1.40. The minimum Gasteiger partial charge on any atom is -0.406 e. The standard InChI is InChI=1S/C21H23F4N5O4/c22-13-6-12(7-16(8-13)33-21(23,24)25)18-9-17(34-28-18)10-27-20(32)30(14-3-4-14)15-2-1-5-29(11-15)19(26)31/h6-9,14-15H,1-5,10-11H2,(H2,26,31)(H,27,32). The van der Waals surface area contributed by atoms with Crippen molar-refractivity contribution in [2.24, 2.45) is 5.73 Å². The summed E-state index contributed by atoms with van der Waals surface area (Å²) in [6.07, 6.45) is -1.74. The van der Waals surface area contributed by atoms with Gasteiger partial charge in [0.15, 0.2) is 5.76 Å². The number of carbonyl (C=O) groups is 2. The zero-order valence-corrected chi connectivity index (χ0v) is 18.0. The van der Waals surface area contributed by atoms with E-state index in [1.807, 2.05) is 0 Å². The van der Waals surface area contributed by atoms with E-state index in [9.17, 15) is 27.2 Å². The van der Waals surface area contributed by atoms with Crippen molar-refractivity contribution in [3.63, 3.8) is 0 Å². The van der Waals surface area contributed by atoms with E-state index in [0.717, 1.165) is 37.8 Å². The quantitative estimate of drug-likeness (QED) is 0.607. The fourth-order valence-electron chi connectivity index (χ4n) is 4.05. The molecule has 1 saturated heterocycles. The highest BCUT2D eigenvalue weighted by molar-refractivity contribution is 5.76. The SMILES string of the molecule is NC(=O)N1CCCC(N(C(=O)NCc2cc(-c3cc(F)cc(OC(F)(F)F)c3)no2)C2CC2)C1. The summed E-state index contributed by atoms with van der Waals surface area (Å²) in [7, 11) is 0. The first-order valence-electron chi connectivity index (χ1n) is 10.7. The number of amides is 4. The molecule has 0 spiro atoms. The summed E-state index contributed by atoms with van der Waals surface area (Å²) in [4.78, 5) is 27.7. The predicted molar refractivity (Wildman–Crippen MR) is 110 cm³/mol. The molecule has 1 unspecified atom stereocenters. The molecule has 2 aliphatic rings. The molecule has 9 nitrogen and oxygen atoms in total. The number of urea groups is 2. The summed E-state index contributed by atoms with van der Waals surface area (Å²) in [5.41, 5.74) is 5.50. The van der Waals surface area contributed by atoms with E-state index < -0.39 is 24.0 Å². The highest BCUT2D eigenvalue weighted by atomic mass is 19.4. The molecule has 184 valence electrons. The van der Waals surface area contributed by atoms with Gasteiger partial charge in [0.1, 0.15) is 17.3 Å². The second kappa shape index (κ2) is 9.39. The number of primary amides is 1. The van der Waals surface area contributed by atoms with Gasteiger partial charge in [-0.1, -0.05) is 5.16 Å². The van der Waals surface area contributed by atoms with Gasteiger partial charge in [-0.05, 0) is 37.8 Å². The van der Waals surface area contributed by atoms with Crippen molar-refractivity contribution in [3.05, 3.63) is 35.8 Å². The molecule has 1 saturated carbocycles. The van der Waals surface area contributed by atoms with Crippen LogP contribution in [0, 0.1) is 5.82 Å². The molecule has 2 fully saturated rings. The molecule has 13 heteroatoms. The molecule has 1 aromatic heterocycles. The third-order valence-electron chi connectivity index (χ3n) is 5.65. The number of rotatable bonds is 6. The second-order valence-electron chi connectivity index (χ2n) is 8.28. The first kappa shape index (κ1) is 23.6. The molecule has 0 radical (unpaired) electrons. The van der Waals surface area contributed by atoms with E-state index >= 15 is 0 Å². The Labute approximate surface area is 191 Å². The Morgan fingerprint density at radius 2 is 1.97 bits per heavy atom. The average molecular weight is 485 g/mol. The minimum atomic E-state index is -4.97. The number of hydrogen-bond acceptors (Lipinski definition) is 5. The molecule has 2 heterocycles.